The molecule has 0 atom stereocenters. The second kappa shape index (κ2) is 7.63. The van der Waals surface area contributed by atoms with E-state index in [1.165, 1.54) is 11.8 Å². The maximum atomic E-state index is 12.2. The second-order valence-corrected chi connectivity index (χ2v) is 5.32. The van der Waals surface area contributed by atoms with E-state index in [0.29, 0.717) is 24.2 Å². The zero-order valence-corrected chi connectivity index (χ0v) is 14.3. The number of carbonyl (C=O) groups excluding carboxylic acids is 2. The van der Waals surface area contributed by atoms with Crippen molar-refractivity contribution in [2.45, 2.75) is 19.8 Å². The molecule has 1 heterocycles. The highest BCUT2D eigenvalue weighted by Crippen LogP contribution is 2.21. The Bertz CT molecular complexity index is 735. The molecule has 7 heteroatoms. The van der Waals surface area contributed by atoms with Crippen molar-refractivity contribution in [3.8, 4) is 5.75 Å². The SMILES string of the molecule is COC(=O)c1nn(C)c(C)c1NC(=O)CCc1ccc(OC)cc1. The van der Waals surface area contributed by atoms with Crippen LogP contribution in [0.3, 0.4) is 0 Å². The van der Waals surface area contributed by atoms with Gasteiger partial charge in [0.15, 0.2) is 5.69 Å². The molecule has 0 aliphatic heterocycles. The molecular weight excluding hydrogens is 310 g/mol. The van der Waals surface area contributed by atoms with Crippen molar-refractivity contribution in [2.75, 3.05) is 19.5 Å². The van der Waals surface area contributed by atoms with E-state index in [9.17, 15) is 9.59 Å². The molecular formula is C17H21N3O4. The third-order valence-corrected chi connectivity index (χ3v) is 3.78. The molecule has 2 rings (SSSR count). The van der Waals surface area contributed by atoms with Crippen LogP contribution in [0, 0.1) is 6.92 Å². The molecule has 2 aromatic rings. The maximum absolute atomic E-state index is 12.2. The lowest BCUT2D eigenvalue weighted by Gasteiger charge is -2.07. The third kappa shape index (κ3) is 3.92. The van der Waals surface area contributed by atoms with Gasteiger partial charge < -0.3 is 14.8 Å². The number of methoxy groups -OCH3 is 2. The minimum atomic E-state index is -0.579. The minimum Gasteiger partial charge on any atom is -0.497 e. The van der Waals surface area contributed by atoms with Gasteiger partial charge in [-0.2, -0.15) is 5.10 Å². The monoisotopic (exact) mass is 331 g/mol. The van der Waals surface area contributed by atoms with Crippen molar-refractivity contribution < 1.29 is 19.1 Å². The molecule has 24 heavy (non-hydrogen) atoms. The van der Waals surface area contributed by atoms with E-state index in [1.54, 1.807) is 21.1 Å². The van der Waals surface area contributed by atoms with Crippen molar-refractivity contribution in [1.82, 2.24) is 9.78 Å². The molecule has 1 amide bonds. The Labute approximate surface area is 140 Å². The first-order valence-electron chi connectivity index (χ1n) is 7.51. The summed E-state index contributed by atoms with van der Waals surface area (Å²) >= 11 is 0. The Balaban J connectivity index is 2.03. The zero-order chi connectivity index (χ0) is 17.7. The van der Waals surface area contributed by atoms with Gasteiger partial charge in [0.1, 0.15) is 5.75 Å². The molecule has 0 spiro atoms. The Hall–Kier alpha value is -2.83. The number of aromatic nitrogens is 2. The van der Waals surface area contributed by atoms with Crippen LogP contribution in [-0.4, -0.2) is 35.9 Å². The first-order chi connectivity index (χ1) is 11.5. The molecule has 0 saturated heterocycles. The summed E-state index contributed by atoms with van der Waals surface area (Å²) < 4.78 is 11.3. The summed E-state index contributed by atoms with van der Waals surface area (Å²) in [6, 6.07) is 7.55. The van der Waals surface area contributed by atoms with Gasteiger partial charge in [-0.3, -0.25) is 9.48 Å². The van der Waals surface area contributed by atoms with E-state index >= 15 is 0 Å². The quantitative estimate of drug-likeness (QED) is 0.820. The molecule has 128 valence electrons. The van der Waals surface area contributed by atoms with E-state index in [-0.39, 0.29) is 11.6 Å². The molecule has 0 radical (unpaired) electrons. The van der Waals surface area contributed by atoms with Crippen LogP contribution in [0.25, 0.3) is 0 Å². The van der Waals surface area contributed by atoms with E-state index in [0.717, 1.165) is 11.3 Å². The zero-order valence-electron chi connectivity index (χ0n) is 14.3. The fourth-order valence-electron chi connectivity index (χ4n) is 2.25. The van der Waals surface area contributed by atoms with Crippen LogP contribution >= 0.6 is 0 Å². The number of carbonyl (C=O) groups is 2. The lowest BCUT2D eigenvalue weighted by Crippen LogP contribution is -2.15. The number of nitrogens with zero attached hydrogens (tertiary/aromatic N) is 2. The lowest BCUT2D eigenvalue weighted by atomic mass is 10.1. The van der Waals surface area contributed by atoms with Gasteiger partial charge in [-0.25, -0.2) is 4.79 Å². The molecule has 0 aliphatic rings. The highest BCUT2D eigenvalue weighted by Gasteiger charge is 2.21. The fraction of sp³-hybridized carbons (Fsp3) is 0.353. The number of esters is 1. The standard InChI is InChI=1S/C17H21N3O4/c1-11-15(16(17(22)24-4)19-20(11)2)18-14(21)10-7-12-5-8-13(23-3)9-6-12/h5-6,8-9H,7,10H2,1-4H3,(H,18,21). The molecule has 1 aromatic heterocycles. The van der Waals surface area contributed by atoms with Crippen LogP contribution in [0.1, 0.15) is 28.2 Å². The Morgan fingerprint density at radius 2 is 1.88 bits per heavy atom. The van der Waals surface area contributed by atoms with E-state index in [2.05, 4.69) is 10.4 Å². The van der Waals surface area contributed by atoms with Gasteiger partial charge in [-0.1, -0.05) is 12.1 Å². The van der Waals surface area contributed by atoms with E-state index in [4.69, 9.17) is 9.47 Å². The number of aryl methyl sites for hydroxylation is 2. The van der Waals surface area contributed by atoms with E-state index in [1.807, 2.05) is 24.3 Å². The molecule has 0 unspecified atom stereocenters. The number of hydrogen-bond donors (Lipinski definition) is 1. The molecule has 0 fully saturated rings. The number of benzene rings is 1. The lowest BCUT2D eigenvalue weighted by molar-refractivity contribution is -0.116. The Morgan fingerprint density at radius 3 is 2.46 bits per heavy atom. The molecule has 1 N–H and O–H groups in total. The van der Waals surface area contributed by atoms with Gasteiger partial charge in [-0.05, 0) is 31.0 Å². The van der Waals surface area contributed by atoms with Gasteiger partial charge in [0.25, 0.3) is 0 Å². The maximum Gasteiger partial charge on any atom is 0.360 e. The van der Waals surface area contributed by atoms with Crippen molar-refractivity contribution >= 4 is 17.6 Å². The summed E-state index contributed by atoms with van der Waals surface area (Å²) in [6.07, 6.45) is 0.879. The Kier molecular flexibility index (Phi) is 5.57. The summed E-state index contributed by atoms with van der Waals surface area (Å²) in [7, 11) is 4.59. The summed E-state index contributed by atoms with van der Waals surface area (Å²) in [5.41, 5.74) is 2.22. The number of rotatable bonds is 6. The number of amides is 1. The van der Waals surface area contributed by atoms with Crippen molar-refractivity contribution in [3.05, 3.63) is 41.2 Å². The highest BCUT2D eigenvalue weighted by molar-refractivity contribution is 6.00. The van der Waals surface area contributed by atoms with Crippen LogP contribution in [0.15, 0.2) is 24.3 Å². The average molecular weight is 331 g/mol. The van der Waals surface area contributed by atoms with E-state index < -0.39 is 5.97 Å². The number of hydrogen-bond acceptors (Lipinski definition) is 5. The summed E-state index contributed by atoms with van der Waals surface area (Å²) in [4.78, 5) is 24.0. The topological polar surface area (TPSA) is 82.5 Å². The fourth-order valence-corrected chi connectivity index (χ4v) is 2.25. The average Bonchev–Trinajstić information content (AvgIpc) is 2.88. The molecule has 0 aliphatic carbocycles. The van der Waals surface area contributed by atoms with Gasteiger partial charge in [0.05, 0.1) is 25.6 Å². The van der Waals surface area contributed by atoms with Gasteiger partial charge in [0.2, 0.25) is 5.91 Å². The number of ether oxygens (including phenoxy) is 2. The number of nitrogens with one attached hydrogen (secondary N) is 1. The van der Waals surface area contributed by atoms with Crippen LogP contribution in [0.2, 0.25) is 0 Å². The predicted molar refractivity (Wildman–Crippen MR) is 89.2 cm³/mol. The predicted octanol–water partition coefficient (Wildman–Crippen LogP) is 2.10. The smallest absolute Gasteiger partial charge is 0.360 e. The highest BCUT2D eigenvalue weighted by atomic mass is 16.5. The van der Waals surface area contributed by atoms with Crippen LogP contribution < -0.4 is 10.1 Å². The van der Waals surface area contributed by atoms with Gasteiger partial charge in [0, 0.05) is 13.5 Å². The first-order valence-corrected chi connectivity index (χ1v) is 7.51. The largest absolute Gasteiger partial charge is 0.497 e. The van der Waals surface area contributed by atoms with Gasteiger partial charge >= 0.3 is 5.97 Å². The third-order valence-electron chi connectivity index (χ3n) is 3.78. The van der Waals surface area contributed by atoms with Crippen molar-refractivity contribution in [2.24, 2.45) is 7.05 Å². The molecule has 7 nitrogen and oxygen atoms in total. The molecule has 0 saturated carbocycles. The summed E-state index contributed by atoms with van der Waals surface area (Å²) in [5, 5.41) is 6.84. The van der Waals surface area contributed by atoms with Crippen LogP contribution in [0.4, 0.5) is 5.69 Å². The van der Waals surface area contributed by atoms with Gasteiger partial charge in [-0.15, -0.1) is 0 Å². The normalized spacial score (nSPS) is 10.3. The molecule has 1 aromatic carbocycles. The Morgan fingerprint density at radius 1 is 1.21 bits per heavy atom. The summed E-state index contributed by atoms with van der Waals surface area (Å²) in [5.74, 6) is 0.00753. The minimum absolute atomic E-state index is 0.107. The first kappa shape index (κ1) is 17.5. The number of anilines is 1. The van der Waals surface area contributed by atoms with Crippen molar-refractivity contribution in [1.29, 1.82) is 0 Å². The summed E-state index contributed by atoms with van der Waals surface area (Å²) in [6.45, 7) is 1.78. The van der Waals surface area contributed by atoms with Crippen LogP contribution in [0.5, 0.6) is 5.75 Å². The van der Waals surface area contributed by atoms with Crippen molar-refractivity contribution in [3.63, 3.8) is 0 Å². The second-order valence-electron chi connectivity index (χ2n) is 5.32. The molecule has 0 bridgehead atoms. The van der Waals surface area contributed by atoms with Crippen LogP contribution in [-0.2, 0) is 23.0 Å².